The van der Waals surface area contributed by atoms with Crippen LogP contribution in [0.2, 0.25) is 0 Å². The van der Waals surface area contributed by atoms with E-state index in [-0.39, 0.29) is 49.1 Å². The minimum Gasteiger partial charge on any atom is -0.392 e. The van der Waals surface area contributed by atoms with E-state index in [0.29, 0.717) is 0 Å². The van der Waals surface area contributed by atoms with E-state index in [1.165, 1.54) is 21.2 Å². The molecule has 0 aliphatic heterocycles. The average molecular weight is 870 g/mol. The first kappa shape index (κ1) is 41.6. The van der Waals surface area contributed by atoms with Gasteiger partial charge in [0.25, 0.3) is 0 Å². The molecule has 0 aliphatic carbocycles. The van der Waals surface area contributed by atoms with Crippen LogP contribution in [0.25, 0.3) is 0 Å². The predicted molar refractivity (Wildman–Crippen MR) is 215 cm³/mol. The van der Waals surface area contributed by atoms with Gasteiger partial charge in [-0.1, -0.05) is 109 Å². The van der Waals surface area contributed by atoms with Gasteiger partial charge in [0.2, 0.25) is 0 Å². The number of rotatable bonds is 12. The van der Waals surface area contributed by atoms with Gasteiger partial charge in [-0.15, -0.1) is 0 Å². The van der Waals surface area contributed by atoms with Crippen LogP contribution in [0.5, 0.6) is 0 Å². The molecular formula is C42H48N2O2P2Pt+2. The summed E-state index contributed by atoms with van der Waals surface area (Å²) in [6.45, 7) is 0.115. The summed E-state index contributed by atoms with van der Waals surface area (Å²) < 4.78 is 0. The van der Waals surface area contributed by atoms with Crippen LogP contribution >= 0.6 is 15.8 Å². The zero-order valence-electron chi connectivity index (χ0n) is 28.2. The summed E-state index contributed by atoms with van der Waals surface area (Å²) in [6, 6.07) is 58.6. The minimum absolute atomic E-state index is 0. The minimum atomic E-state index is -0.915. The van der Waals surface area contributed by atoms with E-state index >= 15 is 0 Å². The normalized spacial score (nSPS) is 10.0. The smallest absolute Gasteiger partial charge is 0.392 e. The van der Waals surface area contributed by atoms with Crippen molar-refractivity contribution >= 4 is 48.4 Å². The molecule has 0 spiro atoms. The maximum atomic E-state index is 9.49. The Kier molecular flexibility index (Phi) is 19.4. The first-order valence-electron chi connectivity index (χ1n) is 15.6. The Bertz CT molecular complexity index is 1520. The first-order valence-corrected chi connectivity index (χ1v) is 19.0. The fourth-order valence-electron chi connectivity index (χ4n) is 5.33. The molecule has 0 saturated heterocycles. The summed E-state index contributed by atoms with van der Waals surface area (Å²) >= 11 is 0. The SMILES string of the molecule is OCc1ccccc1NC[PH+](c1ccccc1)c1ccccc1.OCc1ccccc1NC[PH+](c1ccccc1)c1ccccc1.[CH3-].[CH3-].[Pt+2]. The Balaban J connectivity index is 0.000000321. The zero-order chi connectivity index (χ0) is 31.8. The number of hydrogen-bond acceptors (Lipinski definition) is 4. The molecular weight excluding hydrogens is 822 g/mol. The third kappa shape index (κ3) is 12.3. The predicted octanol–water partition coefficient (Wildman–Crippen LogP) is 7.73. The van der Waals surface area contributed by atoms with Crippen LogP contribution in [0, 0.1) is 14.9 Å². The van der Waals surface area contributed by atoms with Gasteiger partial charge in [0, 0.05) is 22.5 Å². The number of benzene rings is 6. The van der Waals surface area contributed by atoms with E-state index in [1.54, 1.807) is 0 Å². The summed E-state index contributed by atoms with van der Waals surface area (Å²) in [5.41, 5.74) is 3.92. The molecule has 0 radical (unpaired) electrons. The molecule has 0 aliphatic rings. The maximum Gasteiger partial charge on any atom is 2.00 e. The van der Waals surface area contributed by atoms with E-state index in [1.807, 2.05) is 48.5 Å². The molecule has 6 aromatic carbocycles. The maximum absolute atomic E-state index is 9.49. The Morgan fingerprint density at radius 2 is 0.612 bits per heavy atom. The van der Waals surface area contributed by atoms with Crippen molar-refractivity contribution in [2.75, 3.05) is 23.2 Å². The van der Waals surface area contributed by atoms with Crippen LogP contribution in [-0.2, 0) is 34.3 Å². The molecule has 6 rings (SSSR count). The van der Waals surface area contributed by atoms with Crippen molar-refractivity contribution in [3.05, 3.63) is 196 Å². The molecule has 0 heterocycles. The van der Waals surface area contributed by atoms with Crippen LogP contribution in [0.3, 0.4) is 0 Å². The van der Waals surface area contributed by atoms with E-state index in [9.17, 15) is 10.2 Å². The van der Waals surface area contributed by atoms with Gasteiger partial charge in [-0.2, -0.15) is 0 Å². The number of nitrogens with one attached hydrogen (secondary N) is 2. The number of para-hydroxylation sites is 2. The van der Waals surface area contributed by atoms with Gasteiger partial charge in [0.1, 0.15) is 12.6 Å². The molecule has 0 bridgehead atoms. The van der Waals surface area contributed by atoms with Gasteiger partial charge in [0.05, 0.1) is 50.3 Å². The zero-order valence-corrected chi connectivity index (χ0v) is 32.5. The summed E-state index contributed by atoms with van der Waals surface area (Å²) in [6.07, 6.45) is 1.77. The monoisotopic (exact) mass is 869 g/mol. The molecule has 4 nitrogen and oxygen atoms in total. The van der Waals surface area contributed by atoms with E-state index in [0.717, 1.165) is 35.1 Å². The fourth-order valence-corrected chi connectivity index (χ4v) is 9.92. The van der Waals surface area contributed by atoms with Crippen molar-refractivity contribution in [3.8, 4) is 0 Å². The Hall–Kier alpha value is -3.61. The summed E-state index contributed by atoms with van der Waals surface area (Å²) in [4.78, 5) is 0. The number of hydrogen-bond donors (Lipinski definition) is 4. The van der Waals surface area contributed by atoms with E-state index < -0.39 is 15.8 Å². The van der Waals surface area contributed by atoms with Gasteiger partial charge in [-0.25, -0.2) is 0 Å². The second-order valence-electron chi connectivity index (χ2n) is 10.8. The molecule has 256 valence electrons. The van der Waals surface area contributed by atoms with Crippen molar-refractivity contribution in [2.24, 2.45) is 0 Å². The molecule has 6 aromatic rings. The topological polar surface area (TPSA) is 64.5 Å². The van der Waals surface area contributed by atoms with Crippen LogP contribution in [-0.4, -0.2) is 22.8 Å². The summed E-state index contributed by atoms with van der Waals surface area (Å²) in [5, 5.41) is 31.6. The Morgan fingerprint density at radius 1 is 0.367 bits per heavy atom. The number of aliphatic hydroxyl groups excluding tert-OH is 2. The van der Waals surface area contributed by atoms with Gasteiger partial charge in [-0.05, 0) is 60.7 Å². The summed E-state index contributed by atoms with van der Waals surface area (Å²) in [7, 11) is -1.83. The number of aliphatic hydroxyl groups is 2. The van der Waals surface area contributed by atoms with E-state index in [4.69, 9.17) is 0 Å². The van der Waals surface area contributed by atoms with Crippen LogP contribution < -0.4 is 31.9 Å². The second-order valence-corrected chi connectivity index (χ2v) is 15.7. The molecule has 7 heteroatoms. The van der Waals surface area contributed by atoms with Crippen LogP contribution in [0.1, 0.15) is 11.1 Å². The van der Waals surface area contributed by atoms with Gasteiger partial charge >= 0.3 is 21.1 Å². The molecule has 0 unspecified atom stereocenters. The molecule has 0 saturated carbocycles. The Labute approximate surface area is 310 Å². The molecule has 0 amide bonds. The van der Waals surface area contributed by atoms with Crippen molar-refractivity contribution < 1.29 is 31.3 Å². The van der Waals surface area contributed by atoms with Crippen molar-refractivity contribution in [3.63, 3.8) is 0 Å². The quantitative estimate of drug-likeness (QED) is 0.0752. The van der Waals surface area contributed by atoms with Crippen molar-refractivity contribution in [2.45, 2.75) is 13.2 Å². The third-order valence-electron chi connectivity index (χ3n) is 7.78. The molecule has 0 aromatic heterocycles. The van der Waals surface area contributed by atoms with Gasteiger partial charge in [-0.3, -0.25) is 0 Å². The van der Waals surface area contributed by atoms with Crippen LogP contribution in [0.4, 0.5) is 11.4 Å². The summed E-state index contributed by atoms with van der Waals surface area (Å²) in [5.74, 6) is 0. The second kappa shape index (κ2) is 22.9. The average Bonchev–Trinajstić information content (AvgIpc) is 3.14. The largest absolute Gasteiger partial charge is 2.00 e. The van der Waals surface area contributed by atoms with Crippen molar-refractivity contribution in [1.29, 1.82) is 0 Å². The fraction of sp³-hybridized carbons (Fsp3) is 0.0952. The molecule has 0 atom stereocenters. The Morgan fingerprint density at radius 3 is 0.878 bits per heavy atom. The molecule has 0 fully saturated rings. The first-order chi connectivity index (χ1) is 22.8. The van der Waals surface area contributed by atoms with Crippen LogP contribution in [0.15, 0.2) is 170 Å². The number of anilines is 2. The molecule has 4 N–H and O–H groups in total. The van der Waals surface area contributed by atoms with Crippen molar-refractivity contribution in [1.82, 2.24) is 0 Å². The van der Waals surface area contributed by atoms with Gasteiger partial charge < -0.3 is 35.7 Å². The van der Waals surface area contributed by atoms with Gasteiger partial charge in [0.15, 0.2) is 0 Å². The van der Waals surface area contributed by atoms with E-state index in [2.05, 4.69) is 132 Å². The molecule has 49 heavy (non-hydrogen) atoms. The standard InChI is InChI=1S/2C20H20NOP.2CH3.Pt/c2*22-15-17-9-7-8-14-20(17)21-16-23(18-10-3-1-4-11-18)19-12-5-2-6-13-19;;;/h2*1-14,21-22H,15-16H2;2*1H3;/q;;2*-1;+2/p+2. The third-order valence-corrected chi connectivity index (χ3v) is 13.0.